The highest BCUT2D eigenvalue weighted by Gasteiger charge is 2.16. The molecule has 24 heavy (non-hydrogen) atoms. The smallest absolute Gasteiger partial charge is 0.144 e. The molecule has 3 heterocycles. The van der Waals surface area contributed by atoms with E-state index in [1.165, 1.54) is 22.5 Å². The second-order valence-electron chi connectivity index (χ2n) is 5.84. The quantitative estimate of drug-likeness (QED) is 0.483. The van der Waals surface area contributed by atoms with Crippen LogP contribution in [0.2, 0.25) is 4.34 Å². The fourth-order valence-electron chi connectivity index (χ4n) is 2.65. The molecule has 0 radical (unpaired) electrons. The number of nitrogens with zero attached hydrogens (tertiary/aromatic N) is 2. The molecule has 3 aromatic heterocycles. The summed E-state index contributed by atoms with van der Waals surface area (Å²) in [5, 5.41) is 3.51. The molecule has 5 heteroatoms. The molecule has 0 amide bonds. The molecule has 120 valence electrons. The first-order valence-electron chi connectivity index (χ1n) is 7.68. The Bertz CT molecular complexity index is 1010. The highest BCUT2D eigenvalue weighted by Crippen LogP contribution is 2.37. The van der Waals surface area contributed by atoms with Crippen LogP contribution in [0.3, 0.4) is 0 Å². The lowest BCUT2D eigenvalue weighted by Crippen LogP contribution is -1.96. The molecule has 0 spiro atoms. The third kappa shape index (κ3) is 2.79. The van der Waals surface area contributed by atoms with E-state index >= 15 is 0 Å². The van der Waals surface area contributed by atoms with Crippen LogP contribution in [0.25, 0.3) is 16.2 Å². The Hall–Kier alpha value is -2.30. The Morgan fingerprint density at radius 3 is 2.50 bits per heavy atom. The summed E-state index contributed by atoms with van der Waals surface area (Å²) >= 11 is 7.66. The zero-order valence-corrected chi connectivity index (χ0v) is 14.9. The van der Waals surface area contributed by atoms with Crippen LogP contribution >= 0.6 is 22.9 Å². The Labute approximate surface area is 149 Å². The maximum absolute atomic E-state index is 6.13. The molecule has 0 fully saturated rings. The van der Waals surface area contributed by atoms with E-state index in [9.17, 15) is 0 Å². The van der Waals surface area contributed by atoms with Gasteiger partial charge in [-0.2, -0.15) is 0 Å². The first-order chi connectivity index (χ1) is 11.6. The zero-order chi connectivity index (χ0) is 16.7. The summed E-state index contributed by atoms with van der Waals surface area (Å²) in [6.07, 6.45) is 2.05. The molecule has 0 aliphatic heterocycles. The Kier molecular flexibility index (Phi) is 3.79. The minimum absolute atomic E-state index is 0.763. The van der Waals surface area contributed by atoms with E-state index in [4.69, 9.17) is 16.6 Å². The second kappa shape index (κ2) is 5.96. The molecule has 0 bridgehead atoms. The number of aryl methyl sites for hydroxylation is 2. The van der Waals surface area contributed by atoms with E-state index in [-0.39, 0.29) is 0 Å². The minimum Gasteiger partial charge on any atom is -0.339 e. The molecule has 0 saturated heterocycles. The van der Waals surface area contributed by atoms with Gasteiger partial charge in [0.25, 0.3) is 0 Å². The van der Waals surface area contributed by atoms with Crippen molar-refractivity contribution in [3.05, 3.63) is 70.2 Å². The molecule has 1 aromatic carbocycles. The Morgan fingerprint density at radius 2 is 1.79 bits per heavy atom. The number of thiophene rings is 1. The molecular weight excluding hydrogens is 338 g/mol. The number of anilines is 2. The highest BCUT2D eigenvalue weighted by molar-refractivity contribution is 7.19. The SMILES string of the molecule is Cc1ccc(Nc2c(-c3ccc(Cl)s3)nc3cc(C)ccn23)cc1. The van der Waals surface area contributed by atoms with Crippen molar-refractivity contribution in [3.63, 3.8) is 0 Å². The van der Waals surface area contributed by atoms with Crippen molar-refractivity contribution < 1.29 is 0 Å². The largest absolute Gasteiger partial charge is 0.339 e. The summed E-state index contributed by atoms with van der Waals surface area (Å²) in [5.74, 6) is 0.951. The van der Waals surface area contributed by atoms with Crippen molar-refractivity contribution in [2.24, 2.45) is 0 Å². The van der Waals surface area contributed by atoms with Crippen LogP contribution in [0, 0.1) is 13.8 Å². The van der Waals surface area contributed by atoms with Crippen LogP contribution < -0.4 is 5.32 Å². The number of aromatic nitrogens is 2. The molecule has 0 atom stereocenters. The van der Waals surface area contributed by atoms with Crippen LogP contribution in [0.5, 0.6) is 0 Å². The topological polar surface area (TPSA) is 29.3 Å². The second-order valence-corrected chi connectivity index (χ2v) is 7.55. The van der Waals surface area contributed by atoms with Crippen molar-refractivity contribution in [2.45, 2.75) is 13.8 Å². The van der Waals surface area contributed by atoms with Gasteiger partial charge in [0.1, 0.15) is 17.2 Å². The number of imidazole rings is 1. The van der Waals surface area contributed by atoms with E-state index in [0.717, 1.165) is 32.1 Å². The number of hydrogen-bond donors (Lipinski definition) is 1. The zero-order valence-electron chi connectivity index (χ0n) is 13.4. The number of nitrogens with one attached hydrogen (secondary N) is 1. The van der Waals surface area contributed by atoms with Crippen molar-refractivity contribution in [1.29, 1.82) is 0 Å². The molecule has 4 aromatic rings. The number of fused-ring (bicyclic) bond motifs is 1. The van der Waals surface area contributed by atoms with Gasteiger partial charge in [0.15, 0.2) is 0 Å². The lowest BCUT2D eigenvalue weighted by Gasteiger charge is -2.08. The van der Waals surface area contributed by atoms with E-state index in [1.807, 2.05) is 18.3 Å². The van der Waals surface area contributed by atoms with Gasteiger partial charge in [-0.15, -0.1) is 11.3 Å². The fourth-order valence-corrected chi connectivity index (χ4v) is 3.69. The van der Waals surface area contributed by atoms with Crippen molar-refractivity contribution in [3.8, 4) is 10.6 Å². The number of pyridine rings is 1. The molecule has 0 aliphatic rings. The molecule has 4 rings (SSSR count). The first-order valence-corrected chi connectivity index (χ1v) is 8.88. The molecule has 0 aliphatic carbocycles. The number of rotatable bonds is 3. The lowest BCUT2D eigenvalue weighted by atomic mass is 10.2. The van der Waals surface area contributed by atoms with E-state index in [0.29, 0.717) is 0 Å². The normalized spacial score (nSPS) is 11.1. The average molecular weight is 354 g/mol. The predicted molar refractivity (Wildman–Crippen MR) is 103 cm³/mol. The third-order valence-corrected chi connectivity index (χ3v) is 5.14. The van der Waals surface area contributed by atoms with Gasteiger partial charge in [-0.1, -0.05) is 29.3 Å². The summed E-state index contributed by atoms with van der Waals surface area (Å²) in [6.45, 7) is 4.16. The summed E-state index contributed by atoms with van der Waals surface area (Å²) in [6, 6.07) is 16.4. The van der Waals surface area contributed by atoms with Gasteiger partial charge in [0.2, 0.25) is 0 Å². The van der Waals surface area contributed by atoms with Gasteiger partial charge < -0.3 is 5.32 Å². The highest BCUT2D eigenvalue weighted by atomic mass is 35.5. The Balaban J connectivity index is 1.88. The molecular formula is C19H16ClN3S. The standard InChI is InChI=1S/C19H16ClN3S/c1-12-3-5-14(6-4-12)21-19-18(15-7-8-16(20)24-15)22-17-11-13(2)9-10-23(17)19/h3-11,21H,1-2H3. The fraction of sp³-hybridized carbons (Fsp3) is 0.105. The van der Waals surface area contributed by atoms with Crippen LogP contribution in [0.4, 0.5) is 11.5 Å². The Morgan fingerprint density at radius 1 is 1.00 bits per heavy atom. The van der Waals surface area contributed by atoms with Gasteiger partial charge in [0.05, 0.1) is 9.21 Å². The maximum Gasteiger partial charge on any atom is 0.144 e. The van der Waals surface area contributed by atoms with Crippen molar-refractivity contribution in [1.82, 2.24) is 9.38 Å². The van der Waals surface area contributed by atoms with Crippen LogP contribution in [0.1, 0.15) is 11.1 Å². The van der Waals surface area contributed by atoms with Gasteiger partial charge in [0, 0.05) is 11.9 Å². The van der Waals surface area contributed by atoms with E-state index < -0.39 is 0 Å². The van der Waals surface area contributed by atoms with Gasteiger partial charge in [-0.3, -0.25) is 4.40 Å². The lowest BCUT2D eigenvalue weighted by molar-refractivity contribution is 1.17. The van der Waals surface area contributed by atoms with Crippen LogP contribution in [-0.2, 0) is 0 Å². The van der Waals surface area contributed by atoms with E-state index in [2.05, 4.69) is 60.0 Å². The van der Waals surface area contributed by atoms with Crippen LogP contribution in [0.15, 0.2) is 54.7 Å². The number of benzene rings is 1. The van der Waals surface area contributed by atoms with Gasteiger partial charge >= 0.3 is 0 Å². The number of hydrogen-bond acceptors (Lipinski definition) is 3. The molecule has 0 saturated carbocycles. The molecule has 0 unspecified atom stereocenters. The van der Waals surface area contributed by atoms with E-state index in [1.54, 1.807) is 0 Å². The predicted octanol–water partition coefficient (Wildman–Crippen LogP) is 6.08. The molecule has 3 nitrogen and oxygen atoms in total. The third-order valence-electron chi connectivity index (χ3n) is 3.90. The monoisotopic (exact) mass is 353 g/mol. The number of halogens is 1. The summed E-state index contributed by atoms with van der Waals surface area (Å²) < 4.78 is 2.84. The maximum atomic E-state index is 6.13. The summed E-state index contributed by atoms with van der Waals surface area (Å²) in [5.41, 5.74) is 5.29. The minimum atomic E-state index is 0.763. The summed E-state index contributed by atoms with van der Waals surface area (Å²) in [4.78, 5) is 5.87. The van der Waals surface area contributed by atoms with Gasteiger partial charge in [-0.05, 0) is 55.8 Å². The van der Waals surface area contributed by atoms with Gasteiger partial charge in [-0.25, -0.2) is 4.98 Å². The first kappa shape index (κ1) is 15.2. The van der Waals surface area contributed by atoms with Crippen molar-refractivity contribution >= 4 is 40.1 Å². The molecule has 1 N–H and O–H groups in total. The van der Waals surface area contributed by atoms with Crippen LogP contribution in [-0.4, -0.2) is 9.38 Å². The average Bonchev–Trinajstić information content (AvgIpc) is 3.13. The van der Waals surface area contributed by atoms with Crippen molar-refractivity contribution in [2.75, 3.05) is 5.32 Å². The summed E-state index contributed by atoms with van der Waals surface area (Å²) in [7, 11) is 0.